The molecule has 0 radical (unpaired) electrons. The van der Waals surface area contributed by atoms with Gasteiger partial charge in [-0.1, -0.05) is 13.8 Å². The highest BCUT2D eigenvalue weighted by Crippen LogP contribution is 2.19. The summed E-state index contributed by atoms with van der Waals surface area (Å²) < 4.78 is 5.94. The van der Waals surface area contributed by atoms with Gasteiger partial charge in [0.05, 0.1) is 0 Å². The molecule has 124 valence electrons. The Morgan fingerprint density at radius 1 is 1.27 bits per heavy atom. The zero-order valence-corrected chi connectivity index (χ0v) is 14.2. The van der Waals surface area contributed by atoms with Gasteiger partial charge in [0, 0.05) is 12.1 Å². The molecule has 0 atom stereocenters. The largest absolute Gasteiger partial charge is 0.490 e. The normalized spacial score (nSPS) is 15.2. The number of nitrogens with one attached hydrogen (secondary N) is 2. The van der Waals surface area contributed by atoms with Gasteiger partial charge in [-0.15, -0.1) is 12.4 Å². The number of halogens is 1. The molecule has 5 heteroatoms. The van der Waals surface area contributed by atoms with Gasteiger partial charge in [0.1, 0.15) is 11.9 Å². The number of hydrogen-bond donors (Lipinski definition) is 2. The number of benzene rings is 1. The molecule has 0 saturated carbocycles. The van der Waals surface area contributed by atoms with Crippen LogP contribution >= 0.6 is 12.4 Å². The fraction of sp³-hybridized carbons (Fsp3) is 0.588. The molecule has 1 fully saturated rings. The van der Waals surface area contributed by atoms with Gasteiger partial charge in [-0.05, 0) is 62.5 Å². The maximum atomic E-state index is 11.8. The summed E-state index contributed by atoms with van der Waals surface area (Å²) in [5.74, 6) is 1.51. The van der Waals surface area contributed by atoms with E-state index in [-0.39, 0.29) is 18.3 Å². The van der Waals surface area contributed by atoms with E-state index in [0.29, 0.717) is 18.4 Å². The third-order valence-electron chi connectivity index (χ3n) is 3.68. The molecular formula is C17H27ClN2O2. The van der Waals surface area contributed by atoms with Crippen LogP contribution in [0, 0.1) is 5.92 Å². The Balaban J connectivity index is 0.00000242. The minimum Gasteiger partial charge on any atom is -0.490 e. The van der Waals surface area contributed by atoms with Gasteiger partial charge < -0.3 is 15.4 Å². The van der Waals surface area contributed by atoms with Gasteiger partial charge in [0.25, 0.3) is 0 Å². The highest BCUT2D eigenvalue weighted by atomic mass is 35.5. The summed E-state index contributed by atoms with van der Waals surface area (Å²) >= 11 is 0. The van der Waals surface area contributed by atoms with E-state index in [1.807, 2.05) is 24.3 Å². The first-order valence-corrected chi connectivity index (χ1v) is 7.91. The second-order valence-electron chi connectivity index (χ2n) is 6.07. The molecule has 22 heavy (non-hydrogen) atoms. The summed E-state index contributed by atoms with van der Waals surface area (Å²) in [4.78, 5) is 11.8. The summed E-state index contributed by atoms with van der Waals surface area (Å²) in [6, 6.07) is 7.67. The van der Waals surface area contributed by atoms with Crippen LogP contribution in [0.5, 0.6) is 5.75 Å². The Kier molecular flexibility index (Phi) is 8.28. The summed E-state index contributed by atoms with van der Waals surface area (Å²) in [5.41, 5.74) is 0.835. The van der Waals surface area contributed by atoms with Crippen molar-refractivity contribution in [1.29, 1.82) is 0 Å². The average Bonchev–Trinajstić information content (AvgIpc) is 2.48. The number of carbonyl (C=O) groups is 1. The monoisotopic (exact) mass is 326 g/mol. The summed E-state index contributed by atoms with van der Waals surface area (Å²) in [7, 11) is 0. The Morgan fingerprint density at radius 2 is 1.91 bits per heavy atom. The number of hydrogen-bond acceptors (Lipinski definition) is 3. The van der Waals surface area contributed by atoms with Crippen LogP contribution in [0.2, 0.25) is 0 Å². The van der Waals surface area contributed by atoms with E-state index in [1.165, 1.54) is 0 Å². The predicted octanol–water partition coefficient (Wildman–Crippen LogP) is 3.61. The van der Waals surface area contributed by atoms with Crippen molar-refractivity contribution >= 4 is 24.0 Å². The molecule has 1 saturated heterocycles. The molecule has 0 unspecified atom stereocenters. The Morgan fingerprint density at radius 3 is 2.50 bits per heavy atom. The number of carbonyl (C=O) groups excluding carboxylic acids is 1. The van der Waals surface area contributed by atoms with E-state index in [0.717, 1.165) is 43.8 Å². The van der Waals surface area contributed by atoms with Gasteiger partial charge in [0.15, 0.2) is 0 Å². The van der Waals surface area contributed by atoms with Crippen LogP contribution in [-0.4, -0.2) is 25.1 Å². The van der Waals surface area contributed by atoms with Crippen LogP contribution < -0.4 is 15.4 Å². The van der Waals surface area contributed by atoms with Crippen molar-refractivity contribution in [2.24, 2.45) is 5.92 Å². The zero-order chi connectivity index (χ0) is 15.1. The predicted molar refractivity (Wildman–Crippen MR) is 92.9 cm³/mol. The number of anilines is 1. The van der Waals surface area contributed by atoms with E-state index in [9.17, 15) is 4.79 Å². The van der Waals surface area contributed by atoms with E-state index in [4.69, 9.17) is 4.74 Å². The van der Waals surface area contributed by atoms with Crippen molar-refractivity contribution in [3.8, 4) is 5.75 Å². The van der Waals surface area contributed by atoms with Crippen molar-refractivity contribution in [3.63, 3.8) is 0 Å². The lowest BCUT2D eigenvalue weighted by atomic mass is 10.1. The second-order valence-corrected chi connectivity index (χ2v) is 6.07. The Labute approximate surface area is 139 Å². The summed E-state index contributed by atoms with van der Waals surface area (Å²) in [6.45, 7) is 6.30. The molecular weight excluding hydrogens is 300 g/mol. The number of rotatable bonds is 6. The number of amides is 1. The number of ether oxygens (including phenoxy) is 1. The smallest absolute Gasteiger partial charge is 0.224 e. The van der Waals surface area contributed by atoms with Crippen LogP contribution in [0.15, 0.2) is 24.3 Å². The quantitative estimate of drug-likeness (QED) is 0.839. The van der Waals surface area contributed by atoms with Gasteiger partial charge in [-0.25, -0.2) is 0 Å². The van der Waals surface area contributed by atoms with Gasteiger partial charge in [0.2, 0.25) is 5.91 Å². The van der Waals surface area contributed by atoms with Gasteiger partial charge in [-0.2, -0.15) is 0 Å². The fourth-order valence-electron chi connectivity index (χ4n) is 2.37. The summed E-state index contributed by atoms with van der Waals surface area (Å²) in [5, 5.41) is 6.25. The van der Waals surface area contributed by atoms with E-state index in [1.54, 1.807) is 0 Å². The first-order chi connectivity index (χ1) is 10.1. The van der Waals surface area contributed by atoms with Crippen molar-refractivity contribution in [2.45, 2.75) is 45.6 Å². The van der Waals surface area contributed by atoms with Crippen molar-refractivity contribution in [2.75, 3.05) is 18.4 Å². The average molecular weight is 327 g/mol. The summed E-state index contributed by atoms with van der Waals surface area (Å²) in [6.07, 6.45) is 3.90. The molecule has 1 aromatic carbocycles. The maximum Gasteiger partial charge on any atom is 0.224 e. The van der Waals surface area contributed by atoms with Crippen molar-refractivity contribution in [1.82, 2.24) is 5.32 Å². The molecule has 1 aromatic rings. The van der Waals surface area contributed by atoms with E-state index in [2.05, 4.69) is 24.5 Å². The van der Waals surface area contributed by atoms with Gasteiger partial charge in [-0.3, -0.25) is 4.79 Å². The molecule has 0 spiro atoms. The van der Waals surface area contributed by atoms with Crippen LogP contribution in [0.3, 0.4) is 0 Å². The molecule has 1 aliphatic heterocycles. The highest BCUT2D eigenvalue weighted by molar-refractivity contribution is 5.90. The third-order valence-corrected chi connectivity index (χ3v) is 3.68. The SMILES string of the molecule is CC(C)CCC(=O)Nc1ccc(OC2CCNCC2)cc1.Cl. The standard InChI is InChI=1S/C17H26N2O2.ClH/c1-13(2)3-8-17(20)19-14-4-6-15(7-5-14)21-16-9-11-18-12-10-16;/h4-7,13,16,18H,3,8-12H2,1-2H3,(H,19,20);1H. The number of piperidine rings is 1. The lowest BCUT2D eigenvalue weighted by Gasteiger charge is -2.23. The lowest BCUT2D eigenvalue weighted by molar-refractivity contribution is -0.116. The topological polar surface area (TPSA) is 50.4 Å². The van der Waals surface area contributed by atoms with E-state index >= 15 is 0 Å². The van der Waals surface area contributed by atoms with Gasteiger partial charge >= 0.3 is 0 Å². The molecule has 2 rings (SSSR count). The molecule has 2 N–H and O–H groups in total. The lowest BCUT2D eigenvalue weighted by Crippen LogP contribution is -2.34. The molecule has 1 aliphatic rings. The third kappa shape index (κ3) is 6.67. The molecule has 0 bridgehead atoms. The van der Waals surface area contributed by atoms with Crippen molar-refractivity contribution < 1.29 is 9.53 Å². The molecule has 0 aliphatic carbocycles. The van der Waals surface area contributed by atoms with Crippen LogP contribution in [0.1, 0.15) is 39.5 Å². The first kappa shape index (κ1) is 18.8. The van der Waals surface area contributed by atoms with Crippen molar-refractivity contribution in [3.05, 3.63) is 24.3 Å². The van der Waals surface area contributed by atoms with Crippen LogP contribution in [0.25, 0.3) is 0 Å². The second kappa shape index (κ2) is 9.70. The van der Waals surface area contributed by atoms with E-state index < -0.39 is 0 Å². The molecule has 0 aromatic heterocycles. The highest BCUT2D eigenvalue weighted by Gasteiger charge is 2.14. The Bertz CT molecular complexity index is 442. The zero-order valence-electron chi connectivity index (χ0n) is 13.4. The molecule has 1 heterocycles. The first-order valence-electron chi connectivity index (χ1n) is 7.91. The minimum absolute atomic E-state index is 0. The Hall–Kier alpha value is -1.26. The minimum atomic E-state index is 0. The molecule has 4 nitrogen and oxygen atoms in total. The maximum absolute atomic E-state index is 11.8. The fourth-order valence-corrected chi connectivity index (χ4v) is 2.37. The molecule has 1 amide bonds. The van der Waals surface area contributed by atoms with Crippen LogP contribution in [0.4, 0.5) is 5.69 Å². The van der Waals surface area contributed by atoms with Crippen LogP contribution in [-0.2, 0) is 4.79 Å².